The van der Waals surface area contributed by atoms with E-state index in [9.17, 15) is 4.79 Å². The SMILES string of the molecule is C=CC(=O)N1C[C@H]2CC[C@@H]1[C@@H](c1ccc3ncnc(Nc4ccc(Oc5cnc6c(c5)ncn6C)c(C)c4F)c3n1)C2. The second-order valence-electron chi connectivity index (χ2n) is 11.0. The molecule has 1 aromatic carbocycles. The van der Waals surface area contributed by atoms with Gasteiger partial charge in [-0.15, -0.1) is 0 Å². The number of rotatable bonds is 6. The number of anilines is 2. The summed E-state index contributed by atoms with van der Waals surface area (Å²) in [4.78, 5) is 36.9. The highest BCUT2D eigenvalue weighted by Gasteiger charge is 2.43. The molecule has 4 aromatic heterocycles. The van der Waals surface area contributed by atoms with E-state index >= 15 is 4.39 Å². The number of nitrogens with one attached hydrogen (secondary N) is 1. The van der Waals surface area contributed by atoms with Crippen LogP contribution in [-0.4, -0.2) is 52.9 Å². The van der Waals surface area contributed by atoms with Crippen molar-refractivity contribution in [3.8, 4) is 11.5 Å². The van der Waals surface area contributed by atoms with Gasteiger partial charge in [-0.3, -0.25) is 4.79 Å². The average Bonchev–Trinajstić information content (AvgIpc) is 3.40. The molecule has 10 nitrogen and oxygen atoms in total. The van der Waals surface area contributed by atoms with Crippen molar-refractivity contribution in [1.29, 1.82) is 0 Å². The van der Waals surface area contributed by atoms with Gasteiger partial charge in [0.05, 0.1) is 23.7 Å². The van der Waals surface area contributed by atoms with Crippen LogP contribution in [0.1, 0.15) is 36.4 Å². The number of carbonyl (C=O) groups is 1. The average molecular weight is 565 g/mol. The molecule has 212 valence electrons. The summed E-state index contributed by atoms with van der Waals surface area (Å²) in [6, 6.07) is 9.06. The predicted molar refractivity (Wildman–Crippen MR) is 156 cm³/mol. The number of aryl methyl sites for hydroxylation is 1. The molecule has 0 spiro atoms. The lowest BCUT2D eigenvalue weighted by Gasteiger charge is -2.49. The Morgan fingerprint density at radius 2 is 2.02 bits per heavy atom. The monoisotopic (exact) mass is 564 g/mol. The predicted octanol–water partition coefficient (Wildman–Crippen LogP) is 5.57. The zero-order valence-corrected chi connectivity index (χ0v) is 23.3. The van der Waals surface area contributed by atoms with Crippen LogP contribution in [0.5, 0.6) is 11.5 Å². The van der Waals surface area contributed by atoms with Crippen molar-refractivity contribution >= 4 is 39.6 Å². The molecular weight excluding hydrogens is 535 g/mol. The summed E-state index contributed by atoms with van der Waals surface area (Å²) >= 11 is 0. The van der Waals surface area contributed by atoms with Crippen LogP contribution in [0, 0.1) is 18.7 Å². The molecule has 1 N–H and O–H groups in total. The number of hydrogen-bond acceptors (Lipinski definition) is 8. The number of amides is 1. The van der Waals surface area contributed by atoms with E-state index in [0.29, 0.717) is 45.3 Å². The Labute approximate surface area is 241 Å². The van der Waals surface area contributed by atoms with E-state index in [4.69, 9.17) is 9.72 Å². The Hall–Kier alpha value is -4.93. The molecule has 42 heavy (non-hydrogen) atoms. The summed E-state index contributed by atoms with van der Waals surface area (Å²) in [7, 11) is 1.87. The number of pyridine rings is 2. The summed E-state index contributed by atoms with van der Waals surface area (Å²) in [5.41, 5.74) is 4.07. The number of fused-ring (bicyclic) bond motifs is 5. The van der Waals surface area contributed by atoms with Gasteiger partial charge in [0, 0.05) is 42.9 Å². The standard InChI is InChI=1S/C31H29FN8O2/c1-4-27(41)40-14-18-5-9-25(40)20(11-18)21-6-7-23-29(37-21)30(35-15-34-23)38-22-8-10-26(17(2)28(22)32)42-19-12-24-31(33-13-19)39(3)16-36-24/h4,6-8,10,12-13,15-16,18,20,25H,1,5,9,11,14H2,2-3H3,(H,34,35,38)/t18-,20+,25+/m0/s1. The summed E-state index contributed by atoms with van der Waals surface area (Å²) in [6.45, 7) is 6.11. The molecule has 3 fully saturated rings. The number of aromatic nitrogens is 6. The summed E-state index contributed by atoms with van der Waals surface area (Å²) in [5.74, 6) is 1.28. The number of ether oxygens (including phenoxy) is 1. The van der Waals surface area contributed by atoms with E-state index in [-0.39, 0.29) is 23.6 Å². The van der Waals surface area contributed by atoms with Crippen LogP contribution in [0.2, 0.25) is 0 Å². The van der Waals surface area contributed by atoms with Crippen LogP contribution in [0.4, 0.5) is 15.9 Å². The highest BCUT2D eigenvalue weighted by atomic mass is 19.1. The van der Waals surface area contributed by atoms with Gasteiger partial charge in [-0.1, -0.05) is 6.58 Å². The number of hydrogen-bond donors (Lipinski definition) is 1. The lowest BCUT2D eigenvalue weighted by atomic mass is 9.71. The molecule has 1 saturated carbocycles. The van der Waals surface area contributed by atoms with Crippen molar-refractivity contribution < 1.29 is 13.9 Å². The summed E-state index contributed by atoms with van der Waals surface area (Å²) < 4.78 is 23.4. The first-order valence-corrected chi connectivity index (χ1v) is 14.0. The molecular formula is C31H29FN8O2. The van der Waals surface area contributed by atoms with Crippen LogP contribution >= 0.6 is 0 Å². The lowest BCUT2D eigenvalue weighted by Crippen LogP contribution is -2.54. The van der Waals surface area contributed by atoms with Gasteiger partial charge >= 0.3 is 0 Å². The summed E-state index contributed by atoms with van der Waals surface area (Å²) in [6.07, 6.45) is 9.12. The van der Waals surface area contributed by atoms with Crippen molar-refractivity contribution in [2.45, 2.75) is 38.1 Å². The van der Waals surface area contributed by atoms with Gasteiger partial charge < -0.3 is 19.5 Å². The molecule has 1 aliphatic carbocycles. The molecule has 0 radical (unpaired) electrons. The topological polar surface area (TPSA) is 111 Å². The molecule has 0 unspecified atom stereocenters. The van der Waals surface area contributed by atoms with Crippen LogP contribution in [0.15, 0.2) is 61.8 Å². The molecule has 1 amide bonds. The van der Waals surface area contributed by atoms with Crippen molar-refractivity contribution in [2.24, 2.45) is 13.0 Å². The number of piperidine rings is 2. The maximum Gasteiger partial charge on any atom is 0.246 e. The van der Waals surface area contributed by atoms with Crippen molar-refractivity contribution in [3.63, 3.8) is 0 Å². The van der Waals surface area contributed by atoms with Crippen LogP contribution in [-0.2, 0) is 11.8 Å². The Morgan fingerprint density at radius 3 is 2.86 bits per heavy atom. The van der Waals surface area contributed by atoms with Gasteiger partial charge in [0.2, 0.25) is 5.91 Å². The third kappa shape index (κ3) is 4.41. The molecule has 2 saturated heterocycles. The fourth-order valence-corrected chi connectivity index (χ4v) is 6.32. The Morgan fingerprint density at radius 1 is 1.14 bits per heavy atom. The molecule has 11 heteroatoms. The first-order chi connectivity index (χ1) is 20.4. The zero-order chi connectivity index (χ0) is 29.0. The molecule has 2 aliphatic heterocycles. The highest BCUT2D eigenvalue weighted by Crippen LogP contribution is 2.44. The normalized spacial score (nSPS) is 19.8. The molecule has 2 bridgehead atoms. The minimum absolute atomic E-state index is 0.0345. The molecule has 8 rings (SSSR count). The second kappa shape index (κ2) is 10.2. The highest BCUT2D eigenvalue weighted by molar-refractivity contribution is 5.88. The van der Waals surface area contributed by atoms with Gasteiger partial charge in [0.1, 0.15) is 28.9 Å². The number of nitrogens with zero attached hydrogens (tertiary/aromatic N) is 7. The number of benzene rings is 1. The third-order valence-electron chi connectivity index (χ3n) is 8.46. The van der Waals surface area contributed by atoms with E-state index < -0.39 is 5.82 Å². The van der Waals surface area contributed by atoms with Gasteiger partial charge in [-0.05, 0) is 62.4 Å². The van der Waals surface area contributed by atoms with Gasteiger partial charge in [0.25, 0.3) is 0 Å². The van der Waals surface area contributed by atoms with Gasteiger partial charge in [-0.2, -0.15) is 0 Å². The number of halogens is 1. The van der Waals surface area contributed by atoms with E-state index in [1.165, 1.54) is 12.4 Å². The van der Waals surface area contributed by atoms with E-state index in [2.05, 4.69) is 31.8 Å². The first kappa shape index (κ1) is 26.0. The zero-order valence-electron chi connectivity index (χ0n) is 23.3. The van der Waals surface area contributed by atoms with Crippen LogP contribution in [0.25, 0.3) is 22.2 Å². The maximum absolute atomic E-state index is 15.6. The quantitative estimate of drug-likeness (QED) is 0.267. The maximum atomic E-state index is 15.6. The first-order valence-electron chi connectivity index (χ1n) is 14.0. The van der Waals surface area contributed by atoms with E-state index in [0.717, 1.165) is 37.1 Å². The second-order valence-corrected chi connectivity index (χ2v) is 11.0. The van der Waals surface area contributed by atoms with Gasteiger partial charge in [-0.25, -0.2) is 29.3 Å². The van der Waals surface area contributed by atoms with Crippen molar-refractivity contribution in [3.05, 3.63) is 78.9 Å². The third-order valence-corrected chi connectivity index (χ3v) is 8.46. The molecule has 5 aromatic rings. The fraction of sp³-hybridized carbons (Fsp3) is 0.290. The largest absolute Gasteiger partial charge is 0.455 e. The summed E-state index contributed by atoms with van der Waals surface area (Å²) in [5, 5.41) is 3.13. The minimum atomic E-state index is -0.467. The Bertz CT molecular complexity index is 1870. The van der Waals surface area contributed by atoms with Crippen molar-refractivity contribution in [1.82, 2.24) is 34.4 Å². The Kier molecular flexibility index (Phi) is 6.29. The van der Waals surface area contributed by atoms with E-state index in [1.807, 2.05) is 28.6 Å². The molecule has 3 aliphatic rings. The smallest absolute Gasteiger partial charge is 0.246 e. The van der Waals surface area contributed by atoms with Crippen LogP contribution in [0.3, 0.4) is 0 Å². The fourth-order valence-electron chi connectivity index (χ4n) is 6.32. The van der Waals surface area contributed by atoms with Crippen LogP contribution < -0.4 is 10.1 Å². The van der Waals surface area contributed by atoms with E-state index in [1.54, 1.807) is 37.6 Å². The van der Waals surface area contributed by atoms with Gasteiger partial charge in [0.15, 0.2) is 17.3 Å². The number of imidazole rings is 1. The Balaban J connectivity index is 1.17. The molecule has 6 heterocycles. The van der Waals surface area contributed by atoms with Crippen molar-refractivity contribution in [2.75, 3.05) is 11.9 Å². The number of carbonyl (C=O) groups excluding carboxylic acids is 1. The minimum Gasteiger partial charge on any atom is -0.455 e. The lowest BCUT2D eigenvalue weighted by molar-refractivity contribution is -0.134. The molecule has 3 atom stereocenters.